The van der Waals surface area contributed by atoms with Crippen LogP contribution in [0.15, 0.2) is 42.5 Å². The maximum Gasteiger partial charge on any atom is 0.325 e. The average molecular weight is 491 g/mol. The van der Waals surface area contributed by atoms with Crippen molar-refractivity contribution in [3.63, 3.8) is 0 Å². The SMILES string of the molecule is Cc1ccc(-c2nnc3n2CCCCC3)cc1NC(=O)CN1C(=O)NC(C)(c2ccc(F)cc2)C1=O. The first kappa shape index (κ1) is 23.7. The van der Waals surface area contributed by atoms with E-state index in [2.05, 4.69) is 25.4 Å². The van der Waals surface area contributed by atoms with E-state index in [1.54, 1.807) is 0 Å². The van der Waals surface area contributed by atoms with Gasteiger partial charge in [-0.25, -0.2) is 9.18 Å². The molecular weight excluding hydrogens is 463 g/mol. The molecule has 5 rings (SSSR count). The highest BCUT2D eigenvalue weighted by atomic mass is 19.1. The van der Waals surface area contributed by atoms with Crippen LogP contribution in [0.5, 0.6) is 0 Å². The lowest BCUT2D eigenvalue weighted by Crippen LogP contribution is -2.42. The van der Waals surface area contributed by atoms with Crippen LogP contribution in [0.1, 0.15) is 43.1 Å². The summed E-state index contributed by atoms with van der Waals surface area (Å²) in [7, 11) is 0. The highest BCUT2D eigenvalue weighted by Gasteiger charge is 2.49. The van der Waals surface area contributed by atoms with Gasteiger partial charge in [0.05, 0.1) is 0 Å². The molecular formula is C26H27FN6O3. The molecule has 1 fully saturated rings. The predicted molar refractivity (Wildman–Crippen MR) is 130 cm³/mol. The number of amides is 4. The van der Waals surface area contributed by atoms with Crippen molar-refractivity contribution in [1.82, 2.24) is 25.0 Å². The second-order valence-electron chi connectivity index (χ2n) is 9.43. The van der Waals surface area contributed by atoms with Crippen molar-refractivity contribution in [3.8, 4) is 11.4 Å². The number of anilines is 1. The molecule has 3 aromatic rings. The minimum Gasteiger partial charge on any atom is -0.324 e. The lowest BCUT2D eigenvalue weighted by Gasteiger charge is -2.22. The van der Waals surface area contributed by atoms with E-state index >= 15 is 0 Å². The van der Waals surface area contributed by atoms with Gasteiger partial charge in [0.25, 0.3) is 5.91 Å². The molecule has 0 aliphatic carbocycles. The van der Waals surface area contributed by atoms with Crippen molar-refractivity contribution < 1.29 is 18.8 Å². The minimum absolute atomic E-state index is 0.432. The summed E-state index contributed by atoms with van der Waals surface area (Å²) in [5.41, 5.74) is 1.27. The Balaban J connectivity index is 1.33. The van der Waals surface area contributed by atoms with E-state index < -0.39 is 35.7 Å². The molecule has 2 aromatic carbocycles. The molecule has 1 atom stereocenters. The van der Waals surface area contributed by atoms with Gasteiger partial charge in [0.15, 0.2) is 5.82 Å². The monoisotopic (exact) mass is 490 g/mol. The maximum absolute atomic E-state index is 13.3. The quantitative estimate of drug-likeness (QED) is 0.532. The third-order valence-corrected chi connectivity index (χ3v) is 6.88. The molecule has 4 amide bonds. The molecule has 1 aromatic heterocycles. The highest BCUT2D eigenvalue weighted by molar-refractivity contribution is 6.10. The molecule has 10 heteroatoms. The predicted octanol–water partition coefficient (Wildman–Crippen LogP) is 3.52. The number of benzene rings is 2. The van der Waals surface area contributed by atoms with Crippen molar-refractivity contribution >= 4 is 23.5 Å². The van der Waals surface area contributed by atoms with Crippen LogP contribution in [-0.2, 0) is 28.1 Å². The summed E-state index contributed by atoms with van der Waals surface area (Å²) in [5.74, 6) is 0.186. The first-order valence-corrected chi connectivity index (χ1v) is 12.0. The zero-order chi connectivity index (χ0) is 25.4. The summed E-state index contributed by atoms with van der Waals surface area (Å²) in [6.45, 7) is 3.80. The second kappa shape index (κ2) is 9.18. The Morgan fingerprint density at radius 3 is 2.67 bits per heavy atom. The zero-order valence-corrected chi connectivity index (χ0v) is 20.2. The van der Waals surface area contributed by atoms with Crippen LogP contribution < -0.4 is 10.6 Å². The van der Waals surface area contributed by atoms with E-state index in [-0.39, 0.29) is 0 Å². The van der Waals surface area contributed by atoms with Gasteiger partial charge in [-0.1, -0.05) is 30.7 Å². The third kappa shape index (κ3) is 4.23. The van der Waals surface area contributed by atoms with E-state index in [1.165, 1.54) is 31.2 Å². The van der Waals surface area contributed by atoms with Crippen LogP contribution in [0, 0.1) is 12.7 Å². The van der Waals surface area contributed by atoms with Crippen molar-refractivity contribution in [2.45, 2.75) is 51.6 Å². The average Bonchev–Trinajstić information content (AvgIpc) is 3.23. The number of nitrogens with zero attached hydrogens (tertiary/aromatic N) is 4. The smallest absolute Gasteiger partial charge is 0.324 e. The molecule has 2 aliphatic rings. The molecule has 0 bridgehead atoms. The van der Waals surface area contributed by atoms with E-state index in [0.29, 0.717) is 11.3 Å². The zero-order valence-electron chi connectivity index (χ0n) is 20.2. The lowest BCUT2D eigenvalue weighted by molar-refractivity contribution is -0.133. The van der Waals surface area contributed by atoms with Gasteiger partial charge in [-0.15, -0.1) is 10.2 Å². The fourth-order valence-electron chi connectivity index (χ4n) is 4.75. The molecule has 2 N–H and O–H groups in total. The standard InChI is InChI=1S/C26H27FN6O3/c1-16-7-8-17(23-31-30-21-6-4-3-5-13-32(21)23)14-20(16)28-22(34)15-33-24(35)26(2,29-25(33)36)18-9-11-19(27)12-10-18/h7-12,14H,3-6,13,15H2,1-2H3,(H,28,34)(H,29,36). The number of hydrogen-bond acceptors (Lipinski definition) is 5. The first-order chi connectivity index (χ1) is 17.3. The lowest BCUT2D eigenvalue weighted by atomic mass is 9.92. The van der Waals surface area contributed by atoms with Crippen molar-refractivity contribution in [2.75, 3.05) is 11.9 Å². The number of urea groups is 1. The number of fused-ring (bicyclic) bond motifs is 1. The van der Waals surface area contributed by atoms with Gasteiger partial charge in [0.2, 0.25) is 5.91 Å². The number of carbonyl (C=O) groups excluding carboxylic acids is 3. The van der Waals surface area contributed by atoms with E-state index in [1.807, 2.05) is 25.1 Å². The summed E-state index contributed by atoms with van der Waals surface area (Å²) < 4.78 is 15.5. The Bertz CT molecular complexity index is 1350. The van der Waals surface area contributed by atoms with Gasteiger partial charge >= 0.3 is 6.03 Å². The fourth-order valence-corrected chi connectivity index (χ4v) is 4.75. The number of hydrogen-bond donors (Lipinski definition) is 2. The summed E-state index contributed by atoms with van der Waals surface area (Å²) in [5, 5.41) is 14.2. The Morgan fingerprint density at radius 1 is 1.11 bits per heavy atom. The summed E-state index contributed by atoms with van der Waals surface area (Å²) in [6.07, 6.45) is 4.21. The summed E-state index contributed by atoms with van der Waals surface area (Å²) in [6, 6.07) is 10.3. The summed E-state index contributed by atoms with van der Waals surface area (Å²) >= 11 is 0. The van der Waals surface area contributed by atoms with Crippen LogP contribution in [0.3, 0.4) is 0 Å². The van der Waals surface area contributed by atoms with Gasteiger partial charge in [0, 0.05) is 24.2 Å². The van der Waals surface area contributed by atoms with Crippen molar-refractivity contribution in [1.29, 1.82) is 0 Å². The first-order valence-electron chi connectivity index (χ1n) is 12.0. The number of imide groups is 1. The van der Waals surface area contributed by atoms with Crippen LogP contribution in [-0.4, -0.2) is 44.1 Å². The van der Waals surface area contributed by atoms with Crippen molar-refractivity contribution in [2.24, 2.45) is 0 Å². The number of aryl methyl sites for hydroxylation is 2. The second-order valence-corrected chi connectivity index (χ2v) is 9.43. The van der Waals surface area contributed by atoms with Crippen LogP contribution >= 0.6 is 0 Å². The largest absolute Gasteiger partial charge is 0.325 e. The molecule has 1 saturated heterocycles. The van der Waals surface area contributed by atoms with Crippen molar-refractivity contribution in [3.05, 3.63) is 65.2 Å². The Labute approximate surface area is 207 Å². The van der Waals surface area contributed by atoms with Crippen LogP contribution in [0.25, 0.3) is 11.4 Å². The number of carbonyl (C=O) groups is 3. The highest BCUT2D eigenvalue weighted by Crippen LogP contribution is 2.30. The molecule has 0 radical (unpaired) electrons. The minimum atomic E-state index is -1.38. The number of aromatic nitrogens is 3. The van der Waals surface area contributed by atoms with Gasteiger partial charge in [0.1, 0.15) is 23.7 Å². The fraction of sp³-hybridized carbons (Fsp3) is 0.346. The van der Waals surface area contributed by atoms with Crippen LogP contribution in [0.4, 0.5) is 14.9 Å². The molecule has 36 heavy (non-hydrogen) atoms. The molecule has 0 saturated carbocycles. The Kier molecular flexibility index (Phi) is 6.03. The van der Waals surface area contributed by atoms with Crippen LogP contribution in [0.2, 0.25) is 0 Å². The Hall–Kier alpha value is -4.08. The van der Waals surface area contributed by atoms with Gasteiger partial charge in [-0.3, -0.25) is 14.5 Å². The number of rotatable bonds is 5. The number of halogens is 1. The Morgan fingerprint density at radius 2 is 1.89 bits per heavy atom. The maximum atomic E-state index is 13.3. The van der Waals surface area contributed by atoms with E-state index in [9.17, 15) is 18.8 Å². The normalized spacial score (nSPS) is 19.6. The van der Waals surface area contributed by atoms with E-state index in [0.717, 1.165) is 59.9 Å². The molecule has 2 aliphatic heterocycles. The molecule has 3 heterocycles. The molecule has 9 nitrogen and oxygen atoms in total. The summed E-state index contributed by atoms with van der Waals surface area (Å²) in [4.78, 5) is 39.5. The van der Waals surface area contributed by atoms with Gasteiger partial charge < -0.3 is 15.2 Å². The van der Waals surface area contributed by atoms with Gasteiger partial charge in [-0.05, 0) is 56.0 Å². The molecule has 1 unspecified atom stereocenters. The topological polar surface area (TPSA) is 109 Å². The third-order valence-electron chi connectivity index (χ3n) is 6.88. The number of nitrogens with one attached hydrogen (secondary N) is 2. The van der Waals surface area contributed by atoms with Gasteiger partial charge in [-0.2, -0.15) is 0 Å². The van der Waals surface area contributed by atoms with E-state index in [4.69, 9.17) is 0 Å². The molecule has 0 spiro atoms. The molecule has 186 valence electrons.